The van der Waals surface area contributed by atoms with E-state index in [1.807, 2.05) is 0 Å². The fourth-order valence-electron chi connectivity index (χ4n) is 1.20. The summed E-state index contributed by atoms with van der Waals surface area (Å²) >= 11 is 0. The third kappa shape index (κ3) is 1.97. The van der Waals surface area contributed by atoms with Crippen LogP contribution in [0.25, 0.3) is 0 Å². The summed E-state index contributed by atoms with van der Waals surface area (Å²) in [6, 6.07) is 2.88. The van der Waals surface area contributed by atoms with Crippen LogP contribution < -0.4 is 11.1 Å². The molecular weight excluding hydrogens is 202 g/mol. The summed E-state index contributed by atoms with van der Waals surface area (Å²) in [5.74, 6) is -1.74. The van der Waals surface area contributed by atoms with Gasteiger partial charge in [0.25, 0.3) is 0 Å². The first-order valence-corrected chi connectivity index (χ1v) is 4.57. The van der Waals surface area contributed by atoms with Gasteiger partial charge in [0.15, 0.2) is 0 Å². The van der Waals surface area contributed by atoms with Crippen molar-refractivity contribution in [1.29, 1.82) is 0 Å². The van der Waals surface area contributed by atoms with E-state index in [1.54, 1.807) is 0 Å². The maximum atomic E-state index is 13.1. The second-order valence-corrected chi connectivity index (χ2v) is 3.73. The fraction of sp³-hybridized carbons (Fsp3) is 0.300. The van der Waals surface area contributed by atoms with Crippen LogP contribution in [0.3, 0.4) is 0 Å². The molecule has 0 aliphatic heterocycles. The monoisotopic (exact) mass is 212 g/mol. The Balaban J connectivity index is 2.16. The second kappa shape index (κ2) is 3.27. The van der Waals surface area contributed by atoms with Gasteiger partial charge in [-0.2, -0.15) is 0 Å². The highest BCUT2D eigenvalue weighted by molar-refractivity contribution is 6.00. The van der Waals surface area contributed by atoms with Crippen molar-refractivity contribution in [3.63, 3.8) is 0 Å². The van der Waals surface area contributed by atoms with Gasteiger partial charge in [-0.25, -0.2) is 8.78 Å². The fourth-order valence-corrected chi connectivity index (χ4v) is 1.20. The van der Waals surface area contributed by atoms with E-state index < -0.39 is 23.1 Å². The molecule has 1 aliphatic rings. The second-order valence-electron chi connectivity index (χ2n) is 3.73. The quantitative estimate of drug-likeness (QED) is 0.778. The van der Waals surface area contributed by atoms with Gasteiger partial charge < -0.3 is 11.1 Å². The van der Waals surface area contributed by atoms with Crippen molar-refractivity contribution < 1.29 is 13.6 Å². The molecular formula is C10H10F2N2O. The molecule has 0 radical (unpaired) electrons. The molecule has 1 aliphatic carbocycles. The largest absolute Gasteiger partial charge is 0.322 e. The molecule has 0 spiro atoms. The molecule has 0 bridgehead atoms. The van der Waals surface area contributed by atoms with Crippen molar-refractivity contribution in [1.82, 2.24) is 0 Å². The zero-order valence-corrected chi connectivity index (χ0v) is 7.89. The lowest BCUT2D eigenvalue weighted by Gasteiger charge is -2.10. The van der Waals surface area contributed by atoms with E-state index in [4.69, 9.17) is 5.73 Å². The van der Waals surface area contributed by atoms with Crippen LogP contribution in [-0.2, 0) is 4.79 Å². The van der Waals surface area contributed by atoms with Gasteiger partial charge in [-0.15, -0.1) is 0 Å². The lowest BCUT2D eigenvalue weighted by atomic mass is 10.2. The van der Waals surface area contributed by atoms with Crippen LogP contribution in [0.1, 0.15) is 12.8 Å². The van der Waals surface area contributed by atoms with Crippen LogP contribution in [-0.4, -0.2) is 11.4 Å². The van der Waals surface area contributed by atoms with Gasteiger partial charge >= 0.3 is 0 Å². The molecule has 0 aromatic heterocycles. The Labute approximate surface area is 85.3 Å². The Morgan fingerprint density at radius 1 is 1.40 bits per heavy atom. The van der Waals surface area contributed by atoms with Gasteiger partial charge in [0.05, 0.1) is 11.2 Å². The molecule has 3 nitrogen and oxygen atoms in total. The van der Waals surface area contributed by atoms with Crippen molar-refractivity contribution in [3.8, 4) is 0 Å². The van der Waals surface area contributed by atoms with E-state index in [1.165, 1.54) is 0 Å². The van der Waals surface area contributed by atoms with Gasteiger partial charge in [-0.3, -0.25) is 4.79 Å². The highest BCUT2D eigenvalue weighted by atomic mass is 19.1. The minimum atomic E-state index is -0.890. The summed E-state index contributed by atoms with van der Waals surface area (Å²) < 4.78 is 25.9. The van der Waals surface area contributed by atoms with E-state index in [0.29, 0.717) is 12.8 Å². The van der Waals surface area contributed by atoms with E-state index in [-0.39, 0.29) is 5.69 Å². The number of hydrogen-bond acceptors (Lipinski definition) is 2. The number of amides is 1. The Morgan fingerprint density at radius 3 is 2.67 bits per heavy atom. The predicted molar refractivity (Wildman–Crippen MR) is 51.1 cm³/mol. The molecule has 2 rings (SSSR count). The van der Waals surface area contributed by atoms with Gasteiger partial charge in [0, 0.05) is 6.07 Å². The lowest BCUT2D eigenvalue weighted by Crippen LogP contribution is -2.38. The average Bonchev–Trinajstić information content (AvgIpc) is 2.91. The first-order valence-electron chi connectivity index (χ1n) is 4.57. The first kappa shape index (κ1) is 10.0. The van der Waals surface area contributed by atoms with Crippen LogP contribution in [0.15, 0.2) is 18.2 Å². The molecule has 1 fully saturated rings. The van der Waals surface area contributed by atoms with Crippen LogP contribution in [0, 0.1) is 11.6 Å². The van der Waals surface area contributed by atoms with E-state index in [2.05, 4.69) is 5.32 Å². The Hall–Kier alpha value is -1.49. The number of nitrogens with one attached hydrogen (secondary N) is 1. The van der Waals surface area contributed by atoms with Gasteiger partial charge in [-0.05, 0) is 25.0 Å². The number of hydrogen-bond donors (Lipinski definition) is 2. The average molecular weight is 212 g/mol. The number of nitrogens with two attached hydrogens (primary N) is 1. The zero-order chi connectivity index (χ0) is 11.1. The van der Waals surface area contributed by atoms with Gasteiger partial charge in [0.1, 0.15) is 11.6 Å². The van der Waals surface area contributed by atoms with Gasteiger partial charge in [-0.1, -0.05) is 0 Å². The molecule has 15 heavy (non-hydrogen) atoms. The molecule has 80 valence electrons. The molecule has 1 amide bonds. The van der Waals surface area contributed by atoms with Crippen molar-refractivity contribution in [2.75, 3.05) is 5.32 Å². The maximum Gasteiger partial charge on any atom is 0.244 e. The molecule has 3 N–H and O–H groups in total. The first-order chi connectivity index (χ1) is 7.01. The molecule has 0 unspecified atom stereocenters. The zero-order valence-electron chi connectivity index (χ0n) is 7.89. The molecule has 0 heterocycles. The number of carbonyl (C=O) groups excluding carboxylic acids is 1. The smallest absolute Gasteiger partial charge is 0.244 e. The summed E-state index contributed by atoms with van der Waals surface area (Å²) in [6.07, 6.45) is 1.16. The SMILES string of the molecule is NC1(C(=O)Nc2cc(F)ccc2F)CC1. The van der Waals surface area contributed by atoms with E-state index in [9.17, 15) is 13.6 Å². The van der Waals surface area contributed by atoms with E-state index in [0.717, 1.165) is 18.2 Å². The van der Waals surface area contributed by atoms with Crippen LogP contribution in [0.5, 0.6) is 0 Å². The lowest BCUT2D eigenvalue weighted by molar-refractivity contribution is -0.118. The number of rotatable bonds is 2. The van der Waals surface area contributed by atoms with Crippen molar-refractivity contribution in [2.24, 2.45) is 5.73 Å². The molecule has 5 heteroatoms. The highest BCUT2D eigenvalue weighted by Gasteiger charge is 2.46. The van der Waals surface area contributed by atoms with Crippen LogP contribution >= 0.6 is 0 Å². The number of carbonyl (C=O) groups is 1. The molecule has 0 saturated heterocycles. The number of anilines is 1. The number of benzene rings is 1. The summed E-state index contributed by atoms with van der Waals surface area (Å²) in [7, 11) is 0. The van der Waals surface area contributed by atoms with E-state index >= 15 is 0 Å². The summed E-state index contributed by atoms with van der Waals surface area (Å²) in [5, 5.41) is 2.27. The van der Waals surface area contributed by atoms with Crippen molar-refractivity contribution >= 4 is 11.6 Å². The minimum absolute atomic E-state index is 0.170. The Kier molecular flexibility index (Phi) is 2.19. The highest BCUT2D eigenvalue weighted by Crippen LogP contribution is 2.33. The molecule has 1 aromatic carbocycles. The Morgan fingerprint density at radius 2 is 2.07 bits per heavy atom. The summed E-state index contributed by atoms with van der Waals surface area (Å²) in [6.45, 7) is 0. The third-order valence-corrected chi connectivity index (χ3v) is 2.42. The Bertz CT molecular complexity index is 416. The molecule has 0 atom stereocenters. The molecule has 1 saturated carbocycles. The summed E-state index contributed by atoms with van der Waals surface area (Å²) in [5.41, 5.74) is 4.54. The van der Waals surface area contributed by atoms with Gasteiger partial charge in [0.2, 0.25) is 5.91 Å². The predicted octanol–water partition coefficient (Wildman–Crippen LogP) is 1.39. The van der Waals surface area contributed by atoms with Crippen LogP contribution in [0.2, 0.25) is 0 Å². The standard InChI is InChI=1S/C10H10F2N2O/c11-6-1-2-7(12)8(5-6)14-9(15)10(13)3-4-10/h1-2,5H,3-4,13H2,(H,14,15). The van der Waals surface area contributed by atoms with Crippen molar-refractivity contribution in [3.05, 3.63) is 29.8 Å². The number of halogens is 2. The van der Waals surface area contributed by atoms with Crippen molar-refractivity contribution in [2.45, 2.75) is 18.4 Å². The minimum Gasteiger partial charge on any atom is -0.322 e. The maximum absolute atomic E-state index is 13.1. The normalized spacial score (nSPS) is 17.3. The topological polar surface area (TPSA) is 55.1 Å². The summed E-state index contributed by atoms with van der Waals surface area (Å²) in [4.78, 5) is 11.4. The molecule has 1 aromatic rings. The third-order valence-electron chi connectivity index (χ3n) is 2.42. The van der Waals surface area contributed by atoms with Crippen LogP contribution in [0.4, 0.5) is 14.5 Å².